The highest BCUT2D eigenvalue weighted by Crippen LogP contribution is 2.42. The first-order valence-electron chi connectivity index (χ1n) is 7.04. The number of nitrogens with zero attached hydrogens (tertiary/aromatic N) is 1. The SMILES string of the molecule is CC(OS(=O)O)c1ccc(C(=O)c2cnoc2C2CC2)c(F)c1. The van der Waals surface area contributed by atoms with E-state index in [1.807, 2.05) is 0 Å². The lowest BCUT2D eigenvalue weighted by molar-refractivity contribution is 0.103. The minimum atomic E-state index is -2.45. The molecular formula is C15H14FNO5S. The molecule has 8 heteroatoms. The average Bonchev–Trinajstić information content (AvgIpc) is 3.23. The fourth-order valence-electron chi connectivity index (χ4n) is 2.35. The molecule has 1 N–H and O–H groups in total. The first kappa shape index (κ1) is 16.0. The van der Waals surface area contributed by atoms with Crippen molar-refractivity contribution in [3.05, 3.63) is 52.7 Å². The Bertz CT molecular complexity index is 771. The van der Waals surface area contributed by atoms with Gasteiger partial charge in [0.25, 0.3) is 0 Å². The summed E-state index contributed by atoms with van der Waals surface area (Å²) in [5.41, 5.74) is 0.533. The number of benzene rings is 1. The van der Waals surface area contributed by atoms with Gasteiger partial charge in [-0.05, 0) is 37.5 Å². The highest BCUT2D eigenvalue weighted by atomic mass is 32.2. The summed E-state index contributed by atoms with van der Waals surface area (Å²) in [6, 6.07) is 3.93. The number of carbonyl (C=O) groups excluding carboxylic acids is 1. The third-order valence-electron chi connectivity index (χ3n) is 3.72. The molecule has 1 saturated carbocycles. The van der Waals surface area contributed by atoms with Crippen LogP contribution >= 0.6 is 0 Å². The van der Waals surface area contributed by atoms with Gasteiger partial charge in [0, 0.05) is 5.92 Å². The van der Waals surface area contributed by atoms with Crippen molar-refractivity contribution in [3.63, 3.8) is 0 Å². The number of hydrogen-bond donors (Lipinski definition) is 1. The molecule has 2 atom stereocenters. The second-order valence-electron chi connectivity index (χ2n) is 5.40. The van der Waals surface area contributed by atoms with Crippen LogP contribution in [0.5, 0.6) is 0 Å². The summed E-state index contributed by atoms with van der Waals surface area (Å²) in [5.74, 6) is -0.524. The highest BCUT2D eigenvalue weighted by molar-refractivity contribution is 7.74. The maximum Gasteiger partial charge on any atom is 0.302 e. The lowest BCUT2D eigenvalue weighted by Gasteiger charge is -2.11. The van der Waals surface area contributed by atoms with Crippen LogP contribution in [-0.2, 0) is 15.5 Å². The molecule has 0 amide bonds. The summed E-state index contributed by atoms with van der Waals surface area (Å²) in [4.78, 5) is 12.5. The van der Waals surface area contributed by atoms with Gasteiger partial charge in [-0.1, -0.05) is 11.2 Å². The Hall–Kier alpha value is -1.90. The lowest BCUT2D eigenvalue weighted by atomic mass is 9.99. The van der Waals surface area contributed by atoms with E-state index in [1.165, 1.54) is 25.3 Å². The van der Waals surface area contributed by atoms with Crippen molar-refractivity contribution in [1.82, 2.24) is 5.16 Å². The summed E-state index contributed by atoms with van der Waals surface area (Å²) in [5, 5.41) is 3.64. The van der Waals surface area contributed by atoms with E-state index in [4.69, 9.17) is 9.08 Å². The molecule has 0 aliphatic heterocycles. The molecule has 1 aromatic carbocycles. The van der Waals surface area contributed by atoms with Gasteiger partial charge in [-0.15, -0.1) is 0 Å². The molecule has 6 nitrogen and oxygen atoms in total. The van der Waals surface area contributed by atoms with Gasteiger partial charge in [0.1, 0.15) is 5.82 Å². The Morgan fingerprint density at radius 2 is 2.22 bits per heavy atom. The summed E-state index contributed by atoms with van der Waals surface area (Å²) in [7, 11) is 0. The third kappa shape index (κ3) is 3.39. The van der Waals surface area contributed by atoms with Crippen molar-refractivity contribution in [2.75, 3.05) is 0 Å². The van der Waals surface area contributed by atoms with E-state index in [0.29, 0.717) is 11.3 Å². The molecule has 1 heterocycles. The van der Waals surface area contributed by atoms with Crippen LogP contribution in [0, 0.1) is 5.82 Å². The van der Waals surface area contributed by atoms with E-state index in [-0.39, 0.29) is 17.0 Å². The Morgan fingerprint density at radius 1 is 1.48 bits per heavy atom. The van der Waals surface area contributed by atoms with Crippen LogP contribution in [0.1, 0.15) is 59.0 Å². The topological polar surface area (TPSA) is 89.6 Å². The molecule has 122 valence electrons. The Kier molecular flexibility index (Phi) is 4.38. The molecule has 23 heavy (non-hydrogen) atoms. The molecule has 1 fully saturated rings. The largest absolute Gasteiger partial charge is 0.360 e. The smallest absolute Gasteiger partial charge is 0.302 e. The van der Waals surface area contributed by atoms with Crippen molar-refractivity contribution >= 4 is 17.1 Å². The Morgan fingerprint density at radius 3 is 2.83 bits per heavy atom. The molecule has 2 unspecified atom stereocenters. The third-order valence-corrected chi connectivity index (χ3v) is 4.18. The van der Waals surface area contributed by atoms with Crippen LogP contribution in [0.15, 0.2) is 28.9 Å². The summed E-state index contributed by atoms with van der Waals surface area (Å²) < 4.78 is 43.4. The fourth-order valence-corrected chi connectivity index (χ4v) is 2.71. The predicted octanol–water partition coefficient (Wildman–Crippen LogP) is 3.14. The Balaban J connectivity index is 1.86. The zero-order valence-electron chi connectivity index (χ0n) is 12.2. The second kappa shape index (κ2) is 6.31. The van der Waals surface area contributed by atoms with E-state index in [1.54, 1.807) is 0 Å². The maximum atomic E-state index is 14.3. The predicted molar refractivity (Wildman–Crippen MR) is 78.6 cm³/mol. The van der Waals surface area contributed by atoms with E-state index in [0.717, 1.165) is 18.9 Å². The van der Waals surface area contributed by atoms with Crippen molar-refractivity contribution in [3.8, 4) is 0 Å². The van der Waals surface area contributed by atoms with Gasteiger partial charge in [0.05, 0.1) is 23.4 Å². The Labute approximate surface area is 134 Å². The second-order valence-corrected chi connectivity index (χ2v) is 6.03. The van der Waals surface area contributed by atoms with E-state index in [9.17, 15) is 13.4 Å². The van der Waals surface area contributed by atoms with Crippen molar-refractivity contribution < 1.29 is 26.7 Å². The molecule has 3 rings (SSSR count). The van der Waals surface area contributed by atoms with Gasteiger partial charge < -0.3 is 4.52 Å². The molecular weight excluding hydrogens is 325 g/mol. The van der Waals surface area contributed by atoms with Crippen molar-refractivity contribution in [2.45, 2.75) is 31.8 Å². The van der Waals surface area contributed by atoms with Crippen LogP contribution in [0.4, 0.5) is 4.39 Å². The fraction of sp³-hybridized carbons (Fsp3) is 0.333. The monoisotopic (exact) mass is 339 g/mol. The summed E-state index contributed by atoms with van der Waals surface area (Å²) in [6.45, 7) is 1.51. The van der Waals surface area contributed by atoms with Gasteiger partial charge in [-0.2, -0.15) is 4.21 Å². The number of hydrogen-bond acceptors (Lipinski definition) is 5. The minimum absolute atomic E-state index is 0.101. The van der Waals surface area contributed by atoms with Gasteiger partial charge in [-0.3, -0.25) is 13.5 Å². The van der Waals surface area contributed by atoms with Gasteiger partial charge >= 0.3 is 11.4 Å². The molecule has 0 saturated heterocycles. The zero-order chi connectivity index (χ0) is 16.6. The minimum Gasteiger partial charge on any atom is -0.360 e. The first-order chi connectivity index (χ1) is 11.0. The maximum absolute atomic E-state index is 14.3. The number of aromatic nitrogens is 1. The zero-order valence-corrected chi connectivity index (χ0v) is 13.0. The molecule has 1 aromatic heterocycles. The normalized spacial score (nSPS) is 17.0. The lowest BCUT2D eigenvalue weighted by Crippen LogP contribution is -2.08. The van der Waals surface area contributed by atoms with E-state index >= 15 is 0 Å². The molecule has 0 bridgehead atoms. The van der Waals surface area contributed by atoms with Crippen molar-refractivity contribution in [1.29, 1.82) is 0 Å². The molecule has 0 spiro atoms. The van der Waals surface area contributed by atoms with Gasteiger partial charge in [-0.25, -0.2) is 4.39 Å². The van der Waals surface area contributed by atoms with Crippen LogP contribution in [0.2, 0.25) is 0 Å². The summed E-state index contributed by atoms with van der Waals surface area (Å²) in [6.07, 6.45) is 2.40. The highest BCUT2D eigenvalue weighted by Gasteiger charge is 2.33. The molecule has 1 aliphatic carbocycles. The van der Waals surface area contributed by atoms with E-state index < -0.39 is 29.1 Å². The van der Waals surface area contributed by atoms with Crippen LogP contribution in [0.3, 0.4) is 0 Å². The van der Waals surface area contributed by atoms with Gasteiger partial charge in [0.2, 0.25) is 5.78 Å². The van der Waals surface area contributed by atoms with Crippen LogP contribution < -0.4 is 0 Å². The first-order valence-corrected chi connectivity index (χ1v) is 8.07. The average molecular weight is 339 g/mol. The van der Waals surface area contributed by atoms with Crippen LogP contribution in [0.25, 0.3) is 0 Å². The number of carbonyl (C=O) groups is 1. The quantitative estimate of drug-likeness (QED) is 0.642. The van der Waals surface area contributed by atoms with E-state index in [2.05, 4.69) is 9.34 Å². The number of ketones is 1. The molecule has 0 radical (unpaired) electrons. The molecule has 2 aromatic rings. The molecule has 1 aliphatic rings. The summed E-state index contributed by atoms with van der Waals surface area (Å²) >= 11 is -2.45. The number of rotatable bonds is 6. The van der Waals surface area contributed by atoms with Crippen LogP contribution in [-0.4, -0.2) is 19.7 Å². The van der Waals surface area contributed by atoms with Gasteiger partial charge in [0.15, 0.2) is 5.76 Å². The van der Waals surface area contributed by atoms with Crippen molar-refractivity contribution in [2.24, 2.45) is 0 Å². The standard InChI is InChI=1S/C15H14FNO5S/c1-8(22-23(19)20)10-4-5-11(13(16)6-10)14(18)12-7-17-21-15(12)9-2-3-9/h4-9H,2-3H2,1H3,(H,19,20). The number of halogens is 1.